The summed E-state index contributed by atoms with van der Waals surface area (Å²) in [6.45, 7) is 3.42. The highest BCUT2D eigenvalue weighted by Gasteiger charge is 2.05. The summed E-state index contributed by atoms with van der Waals surface area (Å²) >= 11 is 0. The number of nitrogens with zero attached hydrogens (tertiary/aromatic N) is 2. The van der Waals surface area contributed by atoms with Crippen molar-refractivity contribution < 1.29 is 4.79 Å². The average molecular weight is 149 g/mol. The molecule has 4 heteroatoms. The molecule has 56 valence electrons. The molecule has 0 aromatic carbocycles. The number of hydrogen-bond acceptors (Lipinski definition) is 3. The maximum Gasteiger partial charge on any atom is 0.251 e. The first kappa shape index (κ1) is 7.40. The third-order valence-corrected chi connectivity index (χ3v) is 1.13. The van der Waals surface area contributed by atoms with Crippen molar-refractivity contribution in [3.8, 4) is 0 Å². The summed E-state index contributed by atoms with van der Waals surface area (Å²) in [5, 5.41) is 0. The second-order valence-corrected chi connectivity index (χ2v) is 1.92. The Morgan fingerprint density at radius 2 is 2.00 bits per heavy atom. The van der Waals surface area contributed by atoms with Gasteiger partial charge in [-0.2, -0.15) is 0 Å². The van der Waals surface area contributed by atoms with Crippen LogP contribution in [0, 0.1) is 0 Å². The van der Waals surface area contributed by atoms with E-state index >= 15 is 0 Å². The molecule has 1 aromatic heterocycles. The van der Waals surface area contributed by atoms with E-state index in [0.717, 1.165) is 0 Å². The zero-order valence-corrected chi connectivity index (χ0v) is 5.82. The Hall–Kier alpha value is -1.71. The fourth-order valence-electron chi connectivity index (χ4n) is 0.565. The fourth-order valence-corrected chi connectivity index (χ4v) is 0.565. The van der Waals surface area contributed by atoms with E-state index in [1.807, 2.05) is 0 Å². The third-order valence-electron chi connectivity index (χ3n) is 1.13. The Morgan fingerprint density at radius 1 is 1.45 bits per heavy atom. The summed E-state index contributed by atoms with van der Waals surface area (Å²) < 4.78 is 0. The number of nitrogens with two attached hydrogens (primary N) is 1. The van der Waals surface area contributed by atoms with Gasteiger partial charge in [-0.15, -0.1) is 0 Å². The quantitative estimate of drug-likeness (QED) is 0.600. The summed E-state index contributed by atoms with van der Waals surface area (Å²) in [4.78, 5) is 18.1. The highest BCUT2D eigenvalue weighted by Crippen LogP contribution is 2.02. The van der Waals surface area contributed by atoms with Gasteiger partial charge in [-0.1, -0.05) is 6.58 Å². The van der Waals surface area contributed by atoms with Crippen molar-refractivity contribution in [3.05, 3.63) is 30.9 Å². The van der Waals surface area contributed by atoms with Crippen molar-refractivity contribution in [1.82, 2.24) is 9.97 Å². The Labute approximate surface area is 63.8 Å². The van der Waals surface area contributed by atoms with Gasteiger partial charge in [-0.25, -0.2) is 9.97 Å². The van der Waals surface area contributed by atoms with Crippen LogP contribution in [0.5, 0.6) is 0 Å². The van der Waals surface area contributed by atoms with Gasteiger partial charge in [0.1, 0.15) is 0 Å². The molecule has 0 spiro atoms. The first-order valence-electron chi connectivity index (χ1n) is 2.98. The van der Waals surface area contributed by atoms with Gasteiger partial charge in [0.15, 0.2) is 5.82 Å². The lowest BCUT2D eigenvalue weighted by atomic mass is 10.3. The Bertz CT molecular complexity index is 281. The predicted molar refractivity (Wildman–Crippen MR) is 40.3 cm³/mol. The first-order chi connectivity index (χ1) is 5.22. The summed E-state index contributed by atoms with van der Waals surface area (Å²) in [6.07, 6.45) is 3.05. The molecule has 0 radical (unpaired) electrons. The maximum atomic E-state index is 10.5. The molecule has 0 aliphatic heterocycles. The monoisotopic (exact) mass is 149 g/mol. The molecule has 2 N–H and O–H groups in total. The molecule has 0 aliphatic carbocycles. The second kappa shape index (κ2) is 2.92. The van der Waals surface area contributed by atoms with Gasteiger partial charge in [0.2, 0.25) is 0 Å². The van der Waals surface area contributed by atoms with E-state index in [4.69, 9.17) is 5.73 Å². The Kier molecular flexibility index (Phi) is 1.96. The topological polar surface area (TPSA) is 68.9 Å². The second-order valence-electron chi connectivity index (χ2n) is 1.92. The van der Waals surface area contributed by atoms with Crippen molar-refractivity contribution in [2.45, 2.75) is 0 Å². The highest BCUT2D eigenvalue weighted by atomic mass is 16.1. The molecule has 0 atom stereocenters. The number of hydrogen-bond donors (Lipinski definition) is 1. The van der Waals surface area contributed by atoms with E-state index in [0.29, 0.717) is 0 Å². The maximum absolute atomic E-state index is 10.5. The zero-order chi connectivity index (χ0) is 8.27. The average Bonchev–Trinajstić information content (AvgIpc) is 2.05. The van der Waals surface area contributed by atoms with Crippen LogP contribution in [0.4, 0.5) is 0 Å². The number of rotatable bonds is 2. The van der Waals surface area contributed by atoms with Crippen LogP contribution in [0.1, 0.15) is 5.82 Å². The van der Waals surface area contributed by atoms with Gasteiger partial charge in [-0.3, -0.25) is 4.79 Å². The van der Waals surface area contributed by atoms with E-state index in [-0.39, 0.29) is 11.4 Å². The van der Waals surface area contributed by atoms with Crippen LogP contribution in [0.2, 0.25) is 0 Å². The molecule has 0 unspecified atom stereocenters. The molecule has 0 saturated carbocycles. The van der Waals surface area contributed by atoms with Crippen LogP contribution >= 0.6 is 0 Å². The summed E-state index contributed by atoms with van der Waals surface area (Å²) in [6, 6.07) is 1.65. The predicted octanol–water partition coefficient (Wildman–Crippen LogP) is -0.0249. The Balaban J connectivity index is 2.95. The number of carbonyl (C=O) groups excluding carboxylic acids is 1. The lowest BCUT2D eigenvalue weighted by molar-refractivity contribution is -0.112. The van der Waals surface area contributed by atoms with E-state index in [9.17, 15) is 4.79 Å². The van der Waals surface area contributed by atoms with Crippen molar-refractivity contribution in [2.75, 3.05) is 0 Å². The Morgan fingerprint density at radius 3 is 2.45 bits per heavy atom. The molecule has 1 heterocycles. The SMILES string of the molecule is C=C(C(N)=O)c1ncccn1. The minimum atomic E-state index is -0.601. The number of amides is 1. The lowest BCUT2D eigenvalue weighted by Crippen LogP contribution is -2.13. The summed E-state index contributed by atoms with van der Waals surface area (Å²) in [7, 11) is 0. The van der Waals surface area contributed by atoms with Crippen LogP contribution < -0.4 is 5.73 Å². The fraction of sp³-hybridized carbons (Fsp3) is 0. The molecule has 1 amide bonds. The van der Waals surface area contributed by atoms with Crippen LogP contribution in [-0.2, 0) is 4.79 Å². The molecule has 1 aromatic rings. The van der Waals surface area contributed by atoms with E-state index in [1.54, 1.807) is 6.07 Å². The largest absolute Gasteiger partial charge is 0.365 e. The van der Waals surface area contributed by atoms with Gasteiger partial charge < -0.3 is 5.73 Å². The van der Waals surface area contributed by atoms with Crippen LogP contribution in [0.25, 0.3) is 5.57 Å². The molecule has 4 nitrogen and oxygen atoms in total. The lowest BCUT2D eigenvalue weighted by Gasteiger charge is -1.95. The smallest absolute Gasteiger partial charge is 0.251 e. The van der Waals surface area contributed by atoms with Gasteiger partial charge in [-0.05, 0) is 6.07 Å². The summed E-state index contributed by atoms with van der Waals surface area (Å²) in [5.41, 5.74) is 5.08. The number of carbonyl (C=O) groups is 1. The molecule has 0 aliphatic rings. The molecular weight excluding hydrogens is 142 g/mol. The van der Waals surface area contributed by atoms with Crippen molar-refractivity contribution in [2.24, 2.45) is 5.73 Å². The number of primary amides is 1. The van der Waals surface area contributed by atoms with Crippen molar-refractivity contribution >= 4 is 11.5 Å². The molecule has 0 fully saturated rings. The van der Waals surface area contributed by atoms with E-state index in [2.05, 4.69) is 16.5 Å². The van der Waals surface area contributed by atoms with E-state index < -0.39 is 5.91 Å². The van der Waals surface area contributed by atoms with Crippen LogP contribution in [0.3, 0.4) is 0 Å². The van der Waals surface area contributed by atoms with Crippen molar-refractivity contribution in [1.29, 1.82) is 0 Å². The normalized spacial score (nSPS) is 9.09. The van der Waals surface area contributed by atoms with Crippen molar-refractivity contribution in [3.63, 3.8) is 0 Å². The van der Waals surface area contributed by atoms with Gasteiger partial charge >= 0.3 is 0 Å². The molecule has 0 saturated heterocycles. The molecule has 0 bridgehead atoms. The zero-order valence-electron chi connectivity index (χ0n) is 5.82. The third kappa shape index (κ3) is 1.61. The van der Waals surface area contributed by atoms with Gasteiger partial charge in [0.05, 0.1) is 5.57 Å². The van der Waals surface area contributed by atoms with Gasteiger partial charge in [0, 0.05) is 12.4 Å². The van der Waals surface area contributed by atoms with Gasteiger partial charge in [0.25, 0.3) is 5.91 Å². The van der Waals surface area contributed by atoms with Crippen LogP contribution in [0.15, 0.2) is 25.0 Å². The van der Waals surface area contributed by atoms with E-state index in [1.165, 1.54) is 12.4 Å². The standard InChI is InChI=1S/C7H7N3O/c1-5(6(8)11)7-9-3-2-4-10-7/h2-4H,1H2,(H2,8,11). The molecule has 1 rings (SSSR count). The van der Waals surface area contributed by atoms with Crippen LogP contribution in [-0.4, -0.2) is 15.9 Å². The highest BCUT2D eigenvalue weighted by molar-refractivity contribution is 6.16. The molecule has 11 heavy (non-hydrogen) atoms. The minimum absolute atomic E-state index is 0.130. The number of aromatic nitrogens is 2. The minimum Gasteiger partial charge on any atom is -0.365 e. The molecular formula is C7H7N3O. The first-order valence-corrected chi connectivity index (χ1v) is 2.98. The summed E-state index contributed by atoms with van der Waals surface area (Å²) in [5.74, 6) is -0.323.